The van der Waals surface area contributed by atoms with Crippen molar-refractivity contribution in [1.29, 1.82) is 0 Å². The van der Waals surface area contributed by atoms with Crippen molar-refractivity contribution in [2.24, 2.45) is 0 Å². The van der Waals surface area contributed by atoms with Crippen molar-refractivity contribution in [3.63, 3.8) is 0 Å². The largest absolute Gasteiger partial charge is 0.756 e. The van der Waals surface area contributed by atoms with Crippen LogP contribution in [0.3, 0.4) is 0 Å². The summed E-state index contributed by atoms with van der Waals surface area (Å²) in [5.41, 5.74) is 0. The Morgan fingerprint density at radius 1 is 0.443 bits per heavy atom. The fourth-order valence-corrected chi connectivity index (χ4v) is 8.50. The fourth-order valence-electron chi connectivity index (χ4n) is 7.78. The van der Waals surface area contributed by atoms with Gasteiger partial charge in [0.2, 0.25) is 0 Å². The molecule has 0 N–H and O–H groups in total. The molecular formula is C51H102NO8P. The Bertz CT molecular complexity index is 1010. The maximum absolute atomic E-state index is 12.7. The molecule has 0 aliphatic rings. The first-order valence-electron chi connectivity index (χ1n) is 26.2. The minimum atomic E-state index is -4.62. The van der Waals surface area contributed by atoms with Gasteiger partial charge in [0.1, 0.15) is 19.8 Å². The van der Waals surface area contributed by atoms with Gasteiger partial charge in [-0.3, -0.25) is 14.2 Å². The number of phosphoric ester groups is 1. The lowest BCUT2D eigenvalue weighted by atomic mass is 10.0. The van der Waals surface area contributed by atoms with Gasteiger partial charge in [0.25, 0.3) is 7.82 Å². The number of nitrogens with zero attached hydrogens (tertiary/aromatic N) is 1. The van der Waals surface area contributed by atoms with Gasteiger partial charge in [-0.15, -0.1) is 0 Å². The Kier molecular flexibility index (Phi) is 43.5. The van der Waals surface area contributed by atoms with Gasteiger partial charge >= 0.3 is 11.9 Å². The molecule has 0 heterocycles. The van der Waals surface area contributed by atoms with Crippen molar-refractivity contribution >= 4 is 19.8 Å². The summed E-state index contributed by atoms with van der Waals surface area (Å²) in [6, 6.07) is 0. The van der Waals surface area contributed by atoms with Gasteiger partial charge < -0.3 is 27.9 Å². The number of likely N-dealkylation sites (N-methyl/N-ethyl adjacent to an activating group) is 1. The smallest absolute Gasteiger partial charge is 0.306 e. The molecule has 2 atom stereocenters. The number of ether oxygens (including phenoxy) is 2. The van der Waals surface area contributed by atoms with Gasteiger partial charge in [-0.25, -0.2) is 0 Å². The molecule has 0 rings (SSSR count). The molecule has 0 bridgehead atoms. The van der Waals surface area contributed by atoms with E-state index in [1.54, 1.807) is 0 Å². The van der Waals surface area contributed by atoms with Crippen molar-refractivity contribution in [2.75, 3.05) is 47.5 Å². The summed E-state index contributed by atoms with van der Waals surface area (Å²) in [7, 11) is 1.19. The number of hydrogen-bond donors (Lipinski definition) is 0. The third-order valence-electron chi connectivity index (χ3n) is 11.9. The topological polar surface area (TPSA) is 111 Å². The number of carbonyl (C=O) groups excluding carboxylic acids is 2. The van der Waals surface area contributed by atoms with Gasteiger partial charge in [-0.2, -0.15) is 0 Å². The Morgan fingerprint density at radius 2 is 0.738 bits per heavy atom. The summed E-state index contributed by atoms with van der Waals surface area (Å²) < 4.78 is 34.1. The Morgan fingerprint density at radius 3 is 1.05 bits per heavy atom. The lowest BCUT2D eigenvalue weighted by molar-refractivity contribution is -0.870. The zero-order valence-corrected chi connectivity index (χ0v) is 42.0. The van der Waals surface area contributed by atoms with Crippen LogP contribution in [-0.2, 0) is 32.7 Å². The number of rotatable bonds is 49. The number of carbonyl (C=O) groups is 2. The Labute approximate surface area is 378 Å². The average Bonchev–Trinajstić information content (AvgIpc) is 3.21. The predicted molar refractivity (Wildman–Crippen MR) is 255 cm³/mol. The number of hydrogen-bond acceptors (Lipinski definition) is 8. The third kappa shape index (κ3) is 48.3. The summed E-state index contributed by atoms with van der Waals surface area (Å²) in [5.74, 6) is -0.813. The van der Waals surface area contributed by atoms with Crippen molar-refractivity contribution in [3.8, 4) is 0 Å². The highest BCUT2D eigenvalue weighted by Crippen LogP contribution is 2.38. The maximum atomic E-state index is 12.7. The molecule has 0 amide bonds. The van der Waals surface area contributed by atoms with Crippen LogP contribution in [-0.4, -0.2) is 70.0 Å². The highest BCUT2D eigenvalue weighted by Gasteiger charge is 2.21. The van der Waals surface area contributed by atoms with E-state index in [9.17, 15) is 19.0 Å². The van der Waals surface area contributed by atoms with Crippen LogP contribution in [0.15, 0.2) is 0 Å². The minimum Gasteiger partial charge on any atom is -0.756 e. The summed E-state index contributed by atoms with van der Waals surface area (Å²) in [6.07, 6.45) is 47.0. The van der Waals surface area contributed by atoms with Crippen molar-refractivity contribution in [3.05, 3.63) is 0 Å². The first-order valence-corrected chi connectivity index (χ1v) is 27.7. The average molecular weight is 888 g/mol. The van der Waals surface area contributed by atoms with E-state index in [1.165, 1.54) is 199 Å². The van der Waals surface area contributed by atoms with E-state index in [1.807, 2.05) is 21.1 Å². The summed E-state index contributed by atoms with van der Waals surface area (Å²) in [6.45, 7) is 4.29. The number of quaternary nitrogens is 1. The summed E-state index contributed by atoms with van der Waals surface area (Å²) >= 11 is 0. The van der Waals surface area contributed by atoms with Crippen LogP contribution >= 0.6 is 7.82 Å². The van der Waals surface area contributed by atoms with E-state index in [4.69, 9.17) is 18.5 Å². The van der Waals surface area contributed by atoms with E-state index >= 15 is 0 Å². The molecule has 0 spiro atoms. The molecule has 0 aromatic carbocycles. The lowest BCUT2D eigenvalue weighted by Crippen LogP contribution is -2.37. The number of esters is 2. The Hall–Kier alpha value is -0.990. The van der Waals surface area contributed by atoms with Gasteiger partial charge in [0.15, 0.2) is 6.10 Å². The fraction of sp³-hybridized carbons (Fsp3) is 0.961. The third-order valence-corrected chi connectivity index (χ3v) is 12.8. The molecule has 0 fully saturated rings. The highest BCUT2D eigenvalue weighted by molar-refractivity contribution is 7.45. The molecule has 0 aromatic rings. The van der Waals surface area contributed by atoms with Crippen LogP contribution < -0.4 is 4.89 Å². The van der Waals surface area contributed by atoms with Crippen LogP contribution in [0.4, 0.5) is 0 Å². The first kappa shape index (κ1) is 60.0. The van der Waals surface area contributed by atoms with Crippen LogP contribution in [0.25, 0.3) is 0 Å². The molecule has 1 unspecified atom stereocenters. The summed E-state index contributed by atoms with van der Waals surface area (Å²) in [5, 5.41) is 0. The van der Waals surface area contributed by atoms with Gasteiger partial charge in [-0.05, 0) is 12.8 Å². The van der Waals surface area contributed by atoms with Gasteiger partial charge in [-0.1, -0.05) is 239 Å². The van der Waals surface area contributed by atoms with Crippen molar-refractivity contribution in [2.45, 2.75) is 270 Å². The monoisotopic (exact) mass is 888 g/mol. The quantitative estimate of drug-likeness (QED) is 0.0257. The van der Waals surface area contributed by atoms with E-state index in [2.05, 4.69) is 13.8 Å². The normalized spacial score (nSPS) is 13.3. The van der Waals surface area contributed by atoms with E-state index < -0.39 is 26.5 Å². The standard InChI is InChI=1S/C51H102NO8P/c1-6-8-10-12-14-16-18-20-22-24-25-26-27-28-30-31-33-35-37-39-41-43-50(53)57-47-49(48-59-61(55,56)58-46-45-52(3,4)5)60-51(54)44-42-40-38-36-34-32-29-23-21-19-17-15-13-11-9-7-2/h49H,6-48H2,1-5H3/t49-/m0/s1. The Balaban J connectivity index is 4.16. The zero-order chi connectivity index (χ0) is 45.0. The molecule has 0 saturated heterocycles. The van der Waals surface area contributed by atoms with Crippen LogP contribution in [0.5, 0.6) is 0 Å². The van der Waals surface area contributed by atoms with Crippen LogP contribution in [0.2, 0.25) is 0 Å². The zero-order valence-electron chi connectivity index (χ0n) is 41.1. The molecule has 364 valence electrons. The first-order chi connectivity index (χ1) is 29.5. The van der Waals surface area contributed by atoms with Crippen LogP contribution in [0.1, 0.15) is 264 Å². The molecule has 0 aromatic heterocycles. The minimum absolute atomic E-state index is 0.0253. The van der Waals surface area contributed by atoms with Gasteiger partial charge in [0.05, 0.1) is 27.7 Å². The second-order valence-electron chi connectivity index (χ2n) is 19.3. The van der Waals surface area contributed by atoms with Crippen molar-refractivity contribution in [1.82, 2.24) is 0 Å². The SMILES string of the molecule is CCCCCCCCCCCCCCCCCCCCCCCC(=O)OC[C@@H](COP(=O)([O-])OCC[N+](C)(C)C)OC(=O)CCCCCCCCCCCCCCCCCC. The summed E-state index contributed by atoms with van der Waals surface area (Å²) in [4.78, 5) is 37.7. The second-order valence-corrected chi connectivity index (χ2v) is 20.7. The molecule has 0 aliphatic heterocycles. The molecule has 0 radical (unpaired) electrons. The number of unbranched alkanes of at least 4 members (excludes halogenated alkanes) is 35. The number of phosphoric acid groups is 1. The van der Waals surface area contributed by atoms with E-state index in [-0.39, 0.29) is 32.0 Å². The van der Waals surface area contributed by atoms with Gasteiger partial charge in [0, 0.05) is 12.8 Å². The molecule has 0 aliphatic carbocycles. The molecule has 61 heavy (non-hydrogen) atoms. The molecule has 10 heteroatoms. The molecular weight excluding hydrogens is 786 g/mol. The predicted octanol–water partition coefficient (Wildman–Crippen LogP) is 14.9. The van der Waals surface area contributed by atoms with E-state index in [0.29, 0.717) is 17.4 Å². The molecule has 0 saturated carbocycles. The van der Waals surface area contributed by atoms with Crippen LogP contribution in [0, 0.1) is 0 Å². The second kappa shape index (κ2) is 44.2. The maximum Gasteiger partial charge on any atom is 0.306 e. The van der Waals surface area contributed by atoms with Crippen molar-refractivity contribution < 1.29 is 42.1 Å². The molecule has 9 nitrogen and oxygen atoms in total. The van der Waals surface area contributed by atoms with E-state index in [0.717, 1.165) is 32.1 Å². The highest BCUT2D eigenvalue weighted by atomic mass is 31.2. The lowest BCUT2D eigenvalue weighted by Gasteiger charge is -2.28.